The highest BCUT2D eigenvalue weighted by atomic mass is 14.9. The predicted molar refractivity (Wildman–Crippen MR) is 69.9 cm³/mol. The molecule has 0 aliphatic carbocycles. The first-order valence-electron chi connectivity index (χ1n) is 6.74. The van der Waals surface area contributed by atoms with E-state index < -0.39 is 0 Å². The molecule has 1 aromatic heterocycles. The zero-order chi connectivity index (χ0) is 12.1. The standard InChI is InChI=1S/C14H23N3/c1-11(2)7-13-9-16-14(17-10-13)8-12-3-5-15-6-4-12/h9-12,15H,3-8H2,1-2H3. The third-order valence-electron chi connectivity index (χ3n) is 3.33. The highest BCUT2D eigenvalue weighted by Gasteiger charge is 2.14. The van der Waals surface area contributed by atoms with Crippen molar-refractivity contribution in [2.45, 2.75) is 39.5 Å². The van der Waals surface area contributed by atoms with Crippen LogP contribution in [0.25, 0.3) is 0 Å². The van der Waals surface area contributed by atoms with Crippen molar-refractivity contribution in [3.05, 3.63) is 23.8 Å². The number of nitrogens with one attached hydrogen (secondary N) is 1. The number of rotatable bonds is 4. The Kier molecular flexibility index (Phi) is 4.49. The van der Waals surface area contributed by atoms with Gasteiger partial charge in [-0.1, -0.05) is 13.8 Å². The van der Waals surface area contributed by atoms with Crippen molar-refractivity contribution in [3.63, 3.8) is 0 Å². The van der Waals surface area contributed by atoms with E-state index in [1.54, 1.807) is 0 Å². The van der Waals surface area contributed by atoms with E-state index in [2.05, 4.69) is 29.1 Å². The van der Waals surface area contributed by atoms with Crippen molar-refractivity contribution in [2.24, 2.45) is 11.8 Å². The van der Waals surface area contributed by atoms with Crippen LogP contribution >= 0.6 is 0 Å². The van der Waals surface area contributed by atoms with Crippen molar-refractivity contribution in [2.75, 3.05) is 13.1 Å². The van der Waals surface area contributed by atoms with Gasteiger partial charge in [0.05, 0.1) is 0 Å². The fraction of sp³-hybridized carbons (Fsp3) is 0.714. The van der Waals surface area contributed by atoms with E-state index >= 15 is 0 Å². The summed E-state index contributed by atoms with van der Waals surface area (Å²) in [4.78, 5) is 8.99. The third kappa shape index (κ3) is 4.08. The van der Waals surface area contributed by atoms with E-state index in [9.17, 15) is 0 Å². The molecule has 2 heterocycles. The summed E-state index contributed by atoms with van der Waals surface area (Å²) in [7, 11) is 0. The largest absolute Gasteiger partial charge is 0.317 e. The normalized spacial score (nSPS) is 17.6. The number of aromatic nitrogens is 2. The van der Waals surface area contributed by atoms with Crippen LogP contribution < -0.4 is 5.32 Å². The minimum absolute atomic E-state index is 0.675. The van der Waals surface area contributed by atoms with Crippen molar-refractivity contribution in [1.82, 2.24) is 15.3 Å². The van der Waals surface area contributed by atoms with Crippen LogP contribution in [0.15, 0.2) is 12.4 Å². The topological polar surface area (TPSA) is 37.8 Å². The van der Waals surface area contributed by atoms with Gasteiger partial charge in [-0.05, 0) is 49.8 Å². The van der Waals surface area contributed by atoms with Gasteiger partial charge < -0.3 is 5.32 Å². The molecule has 0 amide bonds. The van der Waals surface area contributed by atoms with Gasteiger partial charge in [0, 0.05) is 18.8 Å². The molecule has 17 heavy (non-hydrogen) atoms. The quantitative estimate of drug-likeness (QED) is 0.866. The average Bonchev–Trinajstić information content (AvgIpc) is 2.32. The van der Waals surface area contributed by atoms with Crippen molar-refractivity contribution < 1.29 is 0 Å². The molecule has 0 radical (unpaired) electrons. The minimum atomic E-state index is 0.675. The maximum atomic E-state index is 4.49. The van der Waals surface area contributed by atoms with Crippen LogP contribution in [0.1, 0.15) is 38.1 Å². The zero-order valence-corrected chi connectivity index (χ0v) is 10.9. The molecular formula is C14H23N3. The Morgan fingerprint density at radius 1 is 1.24 bits per heavy atom. The lowest BCUT2D eigenvalue weighted by Gasteiger charge is -2.21. The fourth-order valence-corrected chi connectivity index (χ4v) is 2.41. The van der Waals surface area contributed by atoms with Gasteiger partial charge in [-0.25, -0.2) is 9.97 Å². The minimum Gasteiger partial charge on any atom is -0.317 e. The van der Waals surface area contributed by atoms with Gasteiger partial charge >= 0.3 is 0 Å². The van der Waals surface area contributed by atoms with E-state index in [-0.39, 0.29) is 0 Å². The molecule has 1 N–H and O–H groups in total. The van der Waals surface area contributed by atoms with Crippen LogP contribution in [0.3, 0.4) is 0 Å². The molecule has 0 aromatic carbocycles. The first-order chi connectivity index (χ1) is 8.24. The maximum absolute atomic E-state index is 4.49. The molecule has 3 heteroatoms. The second-order valence-corrected chi connectivity index (χ2v) is 5.50. The van der Waals surface area contributed by atoms with Gasteiger partial charge in [0.25, 0.3) is 0 Å². The van der Waals surface area contributed by atoms with Gasteiger partial charge in [-0.15, -0.1) is 0 Å². The van der Waals surface area contributed by atoms with E-state index in [0.717, 1.165) is 37.7 Å². The van der Waals surface area contributed by atoms with Crippen LogP contribution in [0.5, 0.6) is 0 Å². The lowest BCUT2D eigenvalue weighted by molar-refractivity contribution is 0.367. The third-order valence-corrected chi connectivity index (χ3v) is 3.33. The van der Waals surface area contributed by atoms with Gasteiger partial charge in [0.2, 0.25) is 0 Å². The summed E-state index contributed by atoms with van der Waals surface area (Å²) < 4.78 is 0. The SMILES string of the molecule is CC(C)Cc1cnc(CC2CCNCC2)nc1. The second-order valence-electron chi connectivity index (χ2n) is 5.50. The molecule has 3 nitrogen and oxygen atoms in total. The van der Waals surface area contributed by atoms with Crippen LogP contribution in [-0.2, 0) is 12.8 Å². The summed E-state index contributed by atoms with van der Waals surface area (Å²) in [5.41, 5.74) is 1.26. The molecule has 0 bridgehead atoms. The van der Waals surface area contributed by atoms with Gasteiger partial charge in [0.1, 0.15) is 5.82 Å². The smallest absolute Gasteiger partial charge is 0.128 e. The van der Waals surface area contributed by atoms with Gasteiger partial charge in [-0.3, -0.25) is 0 Å². The molecule has 0 atom stereocenters. The summed E-state index contributed by atoms with van der Waals surface area (Å²) in [6, 6.07) is 0. The number of nitrogens with zero attached hydrogens (tertiary/aromatic N) is 2. The fourth-order valence-electron chi connectivity index (χ4n) is 2.41. The summed E-state index contributed by atoms with van der Waals surface area (Å²) in [5.74, 6) is 2.46. The molecule has 0 saturated carbocycles. The Balaban J connectivity index is 1.88. The van der Waals surface area contributed by atoms with E-state index in [4.69, 9.17) is 0 Å². The summed E-state index contributed by atoms with van der Waals surface area (Å²) in [5, 5.41) is 3.39. The second kappa shape index (κ2) is 6.10. The van der Waals surface area contributed by atoms with E-state index in [1.807, 2.05) is 12.4 Å². The Hall–Kier alpha value is -0.960. The van der Waals surface area contributed by atoms with Crippen LogP contribution in [0, 0.1) is 11.8 Å². The molecule has 1 fully saturated rings. The lowest BCUT2D eigenvalue weighted by Crippen LogP contribution is -2.29. The number of hydrogen-bond acceptors (Lipinski definition) is 3. The first kappa shape index (κ1) is 12.5. The Morgan fingerprint density at radius 3 is 2.47 bits per heavy atom. The number of piperidine rings is 1. The molecule has 1 aliphatic rings. The Morgan fingerprint density at radius 2 is 1.88 bits per heavy atom. The van der Waals surface area contributed by atoms with Crippen LogP contribution in [-0.4, -0.2) is 23.1 Å². The molecular weight excluding hydrogens is 210 g/mol. The average molecular weight is 233 g/mol. The number of hydrogen-bond donors (Lipinski definition) is 1. The molecule has 1 saturated heterocycles. The van der Waals surface area contributed by atoms with E-state index in [0.29, 0.717) is 5.92 Å². The lowest BCUT2D eigenvalue weighted by atomic mass is 9.94. The molecule has 1 aliphatic heterocycles. The molecule has 94 valence electrons. The molecule has 1 aromatic rings. The van der Waals surface area contributed by atoms with Crippen LogP contribution in [0.2, 0.25) is 0 Å². The van der Waals surface area contributed by atoms with Crippen molar-refractivity contribution in [1.29, 1.82) is 0 Å². The van der Waals surface area contributed by atoms with Gasteiger partial charge in [-0.2, -0.15) is 0 Å². The van der Waals surface area contributed by atoms with Crippen molar-refractivity contribution >= 4 is 0 Å². The van der Waals surface area contributed by atoms with Crippen molar-refractivity contribution in [3.8, 4) is 0 Å². The highest BCUT2D eigenvalue weighted by Crippen LogP contribution is 2.16. The van der Waals surface area contributed by atoms with Crippen LogP contribution in [0.4, 0.5) is 0 Å². The van der Waals surface area contributed by atoms with E-state index in [1.165, 1.54) is 18.4 Å². The van der Waals surface area contributed by atoms with Gasteiger partial charge in [0.15, 0.2) is 0 Å². The Labute approximate surface area is 104 Å². The summed E-state index contributed by atoms with van der Waals surface area (Å²) >= 11 is 0. The monoisotopic (exact) mass is 233 g/mol. The maximum Gasteiger partial charge on any atom is 0.128 e. The molecule has 0 spiro atoms. The molecule has 2 rings (SSSR count). The summed E-state index contributed by atoms with van der Waals surface area (Å²) in [6.45, 7) is 6.75. The Bertz CT molecular complexity index is 326. The zero-order valence-electron chi connectivity index (χ0n) is 10.9. The highest BCUT2D eigenvalue weighted by molar-refractivity contribution is 5.06. The summed E-state index contributed by atoms with van der Waals surface area (Å²) in [6.07, 6.45) is 8.65. The first-order valence-corrected chi connectivity index (χ1v) is 6.74. The molecule has 0 unspecified atom stereocenters. The predicted octanol–water partition coefficient (Wildman–Crippen LogP) is 2.22.